The highest BCUT2D eigenvalue weighted by molar-refractivity contribution is 7.99. The van der Waals surface area contributed by atoms with E-state index in [2.05, 4.69) is 32.6 Å². The number of halogens is 1. The van der Waals surface area contributed by atoms with Crippen LogP contribution in [0.4, 0.5) is 5.69 Å². The smallest absolute Gasteiger partial charge is 0.250 e. The largest absolute Gasteiger partial charge is 0.378 e. The average Bonchev–Trinajstić information content (AvgIpc) is 3.14. The van der Waals surface area contributed by atoms with Gasteiger partial charge in [-0.1, -0.05) is 59.3 Å². The van der Waals surface area contributed by atoms with Gasteiger partial charge in [-0.05, 0) is 36.8 Å². The van der Waals surface area contributed by atoms with Crippen LogP contribution in [0.1, 0.15) is 17.0 Å². The van der Waals surface area contributed by atoms with Gasteiger partial charge in [0.1, 0.15) is 0 Å². The number of benzene rings is 2. The predicted molar refractivity (Wildman–Crippen MR) is 127 cm³/mol. The predicted octanol–water partition coefficient (Wildman–Crippen LogP) is 4.28. The Bertz CT molecular complexity index is 1060. The molecule has 0 unspecified atom stereocenters. The van der Waals surface area contributed by atoms with Crippen LogP contribution in [-0.2, 0) is 17.9 Å². The van der Waals surface area contributed by atoms with Crippen LogP contribution in [-0.4, -0.2) is 32.6 Å². The first kappa shape index (κ1) is 22.6. The third-order valence-corrected chi connectivity index (χ3v) is 5.39. The number of anilines is 1. The number of thioether (sulfide) groups is 1. The topological polar surface area (TPSA) is 84.2 Å². The van der Waals surface area contributed by atoms with E-state index in [4.69, 9.17) is 11.6 Å². The summed E-state index contributed by atoms with van der Waals surface area (Å²) >= 11 is 7.23. The lowest BCUT2D eigenvalue weighted by atomic mass is 10.2. The molecule has 0 atom stereocenters. The fourth-order valence-corrected chi connectivity index (χ4v) is 3.61. The zero-order chi connectivity index (χ0) is 22.1. The molecule has 3 rings (SSSR count). The summed E-state index contributed by atoms with van der Waals surface area (Å²) in [4.78, 5) is 12.1. The first-order chi connectivity index (χ1) is 15.0. The molecule has 2 N–H and O–H groups in total. The number of aromatic nitrogens is 3. The van der Waals surface area contributed by atoms with Crippen molar-refractivity contribution in [3.8, 4) is 0 Å². The van der Waals surface area contributed by atoms with Gasteiger partial charge in [-0.15, -0.1) is 16.8 Å². The van der Waals surface area contributed by atoms with Gasteiger partial charge in [-0.2, -0.15) is 5.10 Å². The molecule has 1 amide bonds. The fourth-order valence-electron chi connectivity index (χ4n) is 2.65. The lowest BCUT2D eigenvalue weighted by Crippen LogP contribution is -2.20. The molecule has 1 aromatic heterocycles. The minimum Gasteiger partial charge on any atom is -0.378 e. The molecule has 31 heavy (non-hydrogen) atoms. The van der Waals surface area contributed by atoms with Crippen LogP contribution in [0.15, 0.2) is 71.4 Å². The van der Waals surface area contributed by atoms with E-state index < -0.39 is 0 Å². The third-order valence-electron chi connectivity index (χ3n) is 4.19. The van der Waals surface area contributed by atoms with E-state index in [1.807, 2.05) is 47.9 Å². The maximum absolute atomic E-state index is 12.1. The van der Waals surface area contributed by atoms with E-state index in [0.29, 0.717) is 23.3 Å². The summed E-state index contributed by atoms with van der Waals surface area (Å²) in [5, 5.41) is 17.0. The highest BCUT2D eigenvalue weighted by Crippen LogP contribution is 2.18. The summed E-state index contributed by atoms with van der Waals surface area (Å²) in [5.41, 5.74) is 5.52. The van der Waals surface area contributed by atoms with Crippen molar-refractivity contribution in [2.24, 2.45) is 5.10 Å². The standard InChI is InChI=1S/C22H23ClN6OS/c1-3-11-29-20(14-24-19-9-7-16(2)8-10-19)26-28-22(29)31-15-21(30)27-25-13-17-5-4-6-18(23)12-17/h3-10,12-13,24H,1,11,14-15H2,2H3,(H,27,30). The maximum atomic E-state index is 12.1. The summed E-state index contributed by atoms with van der Waals surface area (Å²) in [6.45, 7) is 6.92. The van der Waals surface area contributed by atoms with Crippen LogP contribution in [0.25, 0.3) is 0 Å². The van der Waals surface area contributed by atoms with Crippen LogP contribution < -0.4 is 10.7 Å². The second-order valence-corrected chi connectivity index (χ2v) is 8.03. The molecule has 160 valence electrons. The van der Waals surface area contributed by atoms with E-state index in [1.54, 1.807) is 24.4 Å². The summed E-state index contributed by atoms with van der Waals surface area (Å²) in [6, 6.07) is 15.3. The maximum Gasteiger partial charge on any atom is 0.250 e. The SMILES string of the molecule is C=CCn1c(CNc2ccc(C)cc2)nnc1SCC(=O)NN=Cc1cccc(Cl)c1. The van der Waals surface area contributed by atoms with Crippen LogP contribution >= 0.6 is 23.4 Å². The minimum atomic E-state index is -0.240. The van der Waals surface area contributed by atoms with E-state index in [1.165, 1.54) is 17.3 Å². The van der Waals surface area contributed by atoms with Crippen LogP contribution in [0.3, 0.4) is 0 Å². The number of hydrogen-bond donors (Lipinski definition) is 2. The number of nitrogens with zero attached hydrogens (tertiary/aromatic N) is 4. The molecule has 0 spiro atoms. The van der Waals surface area contributed by atoms with E-state index in [0.717, 1.165) is 17.1 Å². The van der Waals surface area contributed by atoms with Gasteiger partial charge >= 0.3 is 0 Å². The van der Waals surface area contributed by atoms with Crippen LogP contribution in [0.5, 0.6) is 0 Å². The Morgan fingerprint density at radius 3 is 2.81 bits per heavy atom. The number of hydrazone groups is 1. The monoisotopic (exact) mass is 454 g/mol. The first-order valence-electron chi connectivity index (χ1n) is 9.59. The third kappa shape index (κ3) is 6.97. The molecule has 3 aromatic rings. The Morgan fingerprint density at radius 2 is 2.06 bits per heavy atom. The van der Waals surface area contributed by atoms with Gasteiger partial charge in [0.15, 0.2) is 11.0 Å². The summed E-state index contributed by atoms with van der Waals surface area (Å²) in [7, 11) is 0. The molecule has 0 saturated heterocycles. The fraction of sp³-hybridized carbons (Fsp3) is 0.182. The van der Waals surface area contributed by atoms with Gasteiger partial charge in [0.05, 0.1) is 18.5 Å². The zero-order valence-corrected chi connectivity index (χ0v) is 18.7. The molecule has 7 nitrogen and oxygen atoms in total. The number of aryl methyl sites for hydroxylation is 1. The van der Waals surface area contributed by atoms with E-state index >= 15 is 0 Å². The van der Waals surface area contributed by atoms with Crippen molar-refractivity contribution in [3.05, 3.63) is 83.2 Å². The van der Waals surface area contributed by atoms with Crippen molar-refractivity contribution in [2.45, 2.75) is 25.2 Å². The molecule has 2 aromatic carbocycles. The molecule has 0 fully saturated rings. The molecule has 0 aliphatic heterocycles. The van der Waals surface area contributed by atoms with Gasteiger partial charge < -0.3 is 9.88 Å². The normalized spacial score (nSPS) is 10.9. The first-order valence-corrected chi connectivity index (χ1v) is 11.0. The van der Waals surface area contributed by atoms with Crippen molar-refractivity contribution < 1.29 is 4.79 Å². The number of carbonyl (C=O) groups is 1. The van der Waals surface area contributed by atoms with Gasteiger partial charge in [0.25, 0.3) is 5.91 Å². The van der Waals surface area contributed by atoms with E-state index in [-0.39, 0.29) is 11.7 Å². The molecule has 0 radical (unpaired) electrons. The Hall–Kier alpha value is -3.10. The van der Waals surface area contributed by atoms with Gasteiger partial charge in [0.2, 0.25) is 0 Å². The zero-order valence-electron chi connectivity index (χ0n) is 17.1. The molecule has 0 aliphatic carbocycles. The number of hydrogen-bond acceptors (Lipinski definition) is 6. The molecule has 0 bridgehead atoms. The Labute approximate surface area is 190 Å². The highest BCUT2D eigenvalue weighted by atomic mass is 35.5. The summed E-state index contributed by atoms with van der Waals surface area (Å²) in [5.74, 6) is 0.686. The lowest BCUT2D eigenvalue weighted by Gasteiger charge is -2.09. The Balaban J connectivity index is 1.54. The molecule has 0 saturated carbocycles. The molecule has 9 heteroatoms. The highest BCUT2D eigenvalue weighted by Gasteiger charge is 2.13. The number of rotatable bonds is 10. The number of nitrogens with one attached hydrogen (secondary N) is 2. The number of amides is 1. The average molecular weight is 455 g/mol. The molecular formula is C22H23ClN6OS. The Morgan fingerprint density at radius 1 is 1.26 bits per heavy atom. The van der Waals surface area contributed by atoms with Gasteiger partial charge in [-0.3, -0.25) is 4.79 Å². The van der Waals surface area contributed by atoms with Gasteiger partial charge in [0, 0.05) is 17.3 Å². The van der Waals surface area contributed by atoms with Crippen molar-refractivity contribution in [3.63, 3.8) is 0 Å². The second kappa shape index (κ2) is 11.3. The molecule has 1 heterocycles. The van der Waals surface area contributed by atoms with Crippen molar-refractivity contribution in [1.82, 2.24) is 20.2 Å². The van der Waals surface area contributed by atoms with Crippen LogP contribution in [0.2, 0.25) is 5.02 Å². The van der Waals surface area contributed by atoms with Crippen LogP contribution in [0, 0.1) is 6.92 Å². The number of carbonyl (C=O) groups excluding carboxylic acids is 1. The summed E-state index contributed by atoms with van der Waals surface area (Å²) in [6.07, 6.45) is 3.32. The minimum absolute atomic E-state index is 0.160. The molecule has 0 aliphatic rings. The van der Waals surface area contributed by atoms with Crippen molar-refractivity contribution in [2.75, 3.05) is 11.1 Å². The van der Waals surface area contributed by atoms with Crippen molar-refractivity contribution in [1.29, 1.82) is 0 Å². The Kier molecular flexibility index (Phi) is 8.26. The summed E-state index contributed by atoms with van der Waals surface area (Å²) < 4.78 is 1.93. The second-order valence-electron chi connectivity index (χ2n) is 6.65. The number of allylic oxidation sites excluding steroid dienone is 1. The van der Waals surface area contributed by atoms with Crippen molar-refractivity contribution >= 4 is 41.2 Å². The molecular weight excluding hydrogens is 432 g/mol. The lowest BCUT2D eigenvalue weighted by molar-refractivity contribution is -0.118. The van der Waals surface area contributed by atoms with Gasteiger partial charge in [-0.25, -0.2) is 5.43 Å². The quantitative estimate of drug-likeness (QED) is 0.207. The van der Waals surface area contributed by atoms with E-state index in [9.17, 15) is 4.79 Å².